The molecule has 2 fully saturated rings. The number of nitrogens with zero attached hydrogens (tertiary/aromatic N) is 6. The lowest BCUT2D eigenvalue weighted by Crippen LogP contribution is -2.43. The van der Waals surface area contributed by atoms with Crippen LogP contribution in [0.2, 0.25) is 0 Å². The Kier molecular flexibility index (Phi) is 7.08. The summed E-state index contributed by atoms with van der Waals surface area (Å²) in [7, 11) is 1.49. The van der Waals surface area contributed by atoms with Crippen LogP contribution in [0.3, 0.4) is 0 Å². The fourth-order valence-corrected chi connectivity index (χ4v) is 5.20. The first kappa shape index (κ1) is 25.2. The van der Waals surface area contributed by atoms with Crippen molar-refractivity contribution < 1.29 is 13.9 Å². The number of pyridine rings is 1. The topological polar surface area (TPSA) is 116 Å². The summed E-state index contributed by atoms with van der Waals surface area (Å²) in [5, 5.41) is 7.89. The van der Waals surface area contributed by atoms with E-state index in [1.165, 1.54) is 13.2 Å². The molecule has 10 nitrogen and oxygen atoms in total. The maximum Gasteiger partial charge on any atom is 0.168 e. The predicted octanol–water partition coefficient (Wildman–Crippen LogP) is 4.18. The van der Waals surface area contributed by atoms with Gasteiger partial charge in [-0.05, 0) is 37.5 Å². The Bertz CT molecular complexity index is 1460. The van der Waals surface area contributed by atoms with Gasteiger partial charge in [0.1, 0.15) is 23.2 Å². The van der Waals surface area contributed by atoms with E-state index in [0.717, 1.165) is 55.8 Å². The number of methoxy groups -OCH3 is 1. The van der Waals surface area contributed by atoms with Crippen LogP contribution in [0.5, 0.6) is 5.75 Å². The van der Waals surface area contributed by atoms with Gasteiger partial charge in [-0.1, -0.05) is 6.07 Å². The second kappa shape index (κ2) is 11.0. The molecule has 0 amide bonds. The predicted molar refractivity (Wildman–Crippen MR) is 147 cm³/mol. The number of halogens is 1. The van der Waals surface area contributed by atoms with Crippen molar-refractivity contribution in [3.8, 4) is 28.3 Å². The summed E-state index contributed by atoms with van der Waals surface area (Å²) in [6.45, 7) is 3.09. The summed E-state index contributed by atoms with van der Waals surface area (Å²) in [5.41, 5.74) is 9.55. The van der Waals surface area contributed by atoms with Crippen LogP contribution in [0.25, 0.3) is 22.5 Å². The van der Waals surface area contributed by atoms with Crippen molar-refractivity contribution in [2.75, 3.05) is 43.6 Å². The highest BCUT2D eigenvalue weighted by atomic mass is 19.1. The van der Waals surface area contributed by atoms with E-state index in [1.807, 2.05) is 23.1 Å². The Balaban J connectivity index is 1.33. The van der Waals surface area contributed by atoms with Crippen molar-refractivity contribution in [1.29, 1.82) is 0 Å². The Morgan fingerprint density at radius 3 is 2.90 bits per heavy atom. The first-order chi connectivity index (χ1) is 19.1. The van der Waals surface area contributed by atoms with Crippen LogP contribution >= 0.6 is 0 Å². The van der Waals surface area contributed by atoms with Crippen molar-refractivity contribution in [2.24, 2.45) is 5.73 Å². The van der Waals surface area contributed by atoms with Gasteiger partial charge in [-0.15, -0.1) is 0 Å². The maximum atomic E-state index is 14.7. The molecule has 3 aromatic heterocycles. The second-order valence-corrected chi connectivity index (χ2v) is 9.87. The first-order valence-corrected chi connectivity index (χ1v) is 13.1. The molecule has 2 saturated heterocycles. The van der Waals surface area contributed by atoms with Crippen LogP contribution in [0.4, 0.5) is 21.7 Å². The van der Waals surface area contributed by atoms with Crippen molar-refractivity contribution in [3.63, 3.8) is 0 Å². The zero-order valence-corrected chi connectivity index (χ0v) is 21.8. The SMILES string of the molecule is COc1cccc(F)c1-c1nccc(Nc2cc(N3CCC[C@H](N)C3)c(-c3cnn([C@@H]4CCOC4)c3)cn2)n1. The highest BCUT2D eigenvalue weighted by molar-refractivity contribution is 5.80. The molecule has 2 aliphatic rings. The van der Waals surface area contributed by atoms with Gasteiger partial charge in [0.15, 0.2) is 5.82 Å². The molecule has 0 unspecified atom stereocenters. The Labute approximate surface area is 226 Å². The molecular formula is C28H31FN8O2. The number of piperidine rings is 1. The highest BCUT2D eigenvalue weighted by Crippen LogP contribution is 2.35. The molecule has 202 valence electrons. The Morgan fingerprint density at radius 1 is 1.15 bits per heavy atom. The number of aromatic nitrogens is 5. The lowest BCUT2D eigenvalue weighted by molar-refractivity contribution is 0.184. The molecule has 3 N–H and O–H groups in total. The highest BCUT2D eigenvalue weighted by Gasteiger charge is 2.23. The normalized spacial score (nSPS) is 19.3. The van der Waals surface area contributed by atoms with Gasteiger partial charge in [0.05, 0.1) is 31.5 Å². The molecule has 4 aromatic rings. The number of rotatable bonds is 7. The van der Waals surface area contributed by atoms with Gasteiger partial charge < -0.3 is 25.4 Å². The number of anilines is 3. The van der Waals surface area contributed by atoms with Gasteiger partial charge in [0.2, 0.25) is 0 Å². The number of hydrogen-bond donors (Lipinski definition) is 2. The fraction of sp³-hybridized carbons (Fsp3) is 0.357. The van der Waals surface area contributed by atoms with E-state index in [-0.39, 0.29) is 23.5 Å². The van der Waals surface area contributed by atoms with E-state index >= 15 is 0 Å². The van der Waals surface area contributed by atoms with Crippen molar-refractivity contribution in [2.45, 2.75) is 31.3 Å². The second-order valence-electron chi connectivity index (χ2n) is 9.87. The van der Waals surface area contributed by atoms with E-state index in [4.69, 9.17) is 20.2 Å². The molecule has 6 rings (SSSR count). The lowest BCUT2D eigenvalue weighted by Gasteiger charge is -2.34. The molecule has 0 saturated carbocycles. The van der Waals surface area contributed by atoms with Gasteiger partial charge in [0.25, 0.3) is 0 Å². The largest absolute Gasteiger partial charge is 0.496 e. The third-order valence-corrected chi connectivity index (χ3v) is 7.20. The average molecular weight is 531 g/mol. The van der Waals surface area contributed by atoms with Gasteiger partial charge in [-0.3, -0.25) is 4.68 Å². The number of ether oxygens (including phenoxy) is 2. The van der Waals surface area contributed by atoms with E-state index < -0.39 is 5.82 Å². The van der Waals surface area contributed by atoms with E-state index in [2.05, 4.69) is 31.5 Å². The maximum absolute atomic E-state index is 14.7. The summed E-state index contributed by atoms with van der Waals surface area (Å²) in [4.78, 5) is 15.8. The van der Waals surface area contributed by atoms with Crippen LogP contribution in [-0.2, 0) is 4.74 Å². The molecule has 39 heavy (non-hydrogen) atoms. The molecule has 5 heterocycles. The number of nitrogens with one attached hydrogen (secondary N) is 1. The summed E-state index contributed by atoms with van der Waals surface area (Å²) in [6, 6.07) is 8.71. The van der Waals surface area contributed by atoms with E-state index in [1.54, 1.807) is 24.4 Å². The van der Waals surface area contributed by atoms with Crippen molar-refractivity contribution in [3.05, 3.63) is 60.9 Å². The first-order valence-electron chi connectivity index (χ1n) is 13.1. The van der Waals surface area contributed by atoms with Crippen LogP contribution in [-0.4, -0.2) is 64.2 Å². The molecule has 1 aromatic carbocycles. The smallest absolute Gasteiger partial charge is 0.168 e. The van der Waals surface area contributed by atoms with E-state index in [9.17, 15) is 4.39 Å². The average Bonchev–Trinajstić information content (AvgIpc) is 3.66. The summed E-state index contributed by atoms with van der Waals surface area (Å²) < 4.78 is 27.5. The van der Waals surface area contributed by atoms with Gasteiger partial charge in [-0.2, -0.15) is 5.10 Å². The van der Waals surface area contributed by atoms with Crippen LogP contribution in [0.15, 0.2) is 55.1 Å². The minimum absolute atomic E-state index is 0.106. The molecular weight excluding hydrogens is 499 g/mol. The summed E-state index contributed by atoms with van der Waals surface area (Å²) in [5.74, 6) is 1.22. The van der Waals surface area contributed by atoms with Gasteiger partial charge >= 0.3 is 0 Å². The Hall–Kier alpha value is -4.09. The molecule has 2 aliphatic heterocycles. The van der Waals surface area contributed by atoms with Crippen molar-refractivity contribution >= 4 is 17.3 Å². The summed E-state index contributed by atoms with van der Waals surface area (Å²) in [6.07, 6.45) is 10.4. The fourth-order valence-electron chi connectivity index (χ4n) is 5.20. The van der Waals surface area contributed by atoms with E-state index in [0.29, 0.717) is 24.0 Å². The molecule has 0 bridgehead atoms. The van der Waals surface area contributed by atoms with Crippen LogP contribution < -0.4 is 20.7 Å². The number of nitrogens with two attached hydrogens (primary N) is 1. The minimum atomic E-state index is -0.456. The van der Waals surface area contributed by atoms with Gasteiger partial charge in [0, 0.05) is 67.2 Å². The molecule has 0 spiro atoms. The van der Waals surface area contributed by atoms with Crippen molar-refractivity contribution in [1.82, 2.24) is 24.7 Å². The monoisotopic (exact) mass is 530 g/mol. The minimum Gasteiger partial charge on any atom is -0.496 e. The molecule has 2 atom stereocenters. The number of benzene rings is 1. The zero-order valence-electron chi connectivity index (χ0n) is 21.8. The zero-order chi connectivity index (χ0) is 26.8. The molecule has 0 aliphatic carbocycles. The quantitative estimate of drug-likeness (QED) is 0.363. The standard InChI is InChI=1S/C28H31FN8O2/c1-38-24-6-2-5-22(29)27(24)28-31-9-7-25(35-28)34-26-12-23(36-10-3-4-19(30)16-36)21(14-32-26)18-13-33-37(15-18)20-8-11-39-17-20/h2,5-7,9,12-15,19-20H,3-4,8,10-11,16-17,30H2,1H3,(H,31,32,34,35)/t19-,20+/m0/s1. The molecule has 0 radical (unpaired) electrons. The third kappa shape index (κ3) is 5.27. The summed E-state index contributed by atoms with van der Waals surface area (Å²) >= 11 is 0. The van der Waals surface area contributed by atoms with Gasteiger partial charge in [-0.25, -0.2) is 19.3 Å². The third-order valence-electron chi connectivity index (χ3n) is 7.20. The number of hydrogen-bond acceptors (Lipinski definition) is 9. The molecule has 11 heteroatoms. The lowest BCUT2D eigenvalue weighted by atomic mass is 10.0. The van der Waals surface area contributed by atoms with Crippen LogP contribution in [0, 0.1) is 5.82 Å². The van der Waals surface area contributed by atoms with Crippen LogP contribution in [0.1, 0.15) is 25.3 Å². The Morgan fingerprint density at radius 2 is 2.08 bits per heavy atom.